The van der Waals surface area contributed by atoms with E-state index in [9.17, 15) is 9.59 Å². The predicted octanol–water partition coefficient (Wildman–Crippen LogP) is 3.56. The van der Waals surface area contributed by atoms with Crippen LogP contribution in [0.2, 0.25) is 0 Å². The van der Waals surface area contributed by atoms with Crippen LogP contribution in [0, 0.1) is 5.92 Å². The van der Waals surface area contributed by atoms with Gasteiger partial charge in [0.1, 0.15) is 12.4 Å². The summed E-state index contributed by atoms with van der Waals surface area (Å²) in [6, 6.07) is 7.96. The van der Waals surface area contributed by atoms with Gasteiger partial charge in [0, 0.05) is 19.1 Å². The average Bonchev–Trinajstić information content (AvgIpc) is 3.01. The molecular weight excluding hydrogens is 354 g/mol. The summed E-state index contributed by atoms with van der Waals surface area (Å²) in [5.74, 6) is 0.783. The number of amides is 3. The molecular formula is C22H31N3O3. The van der Waals surface area contributed by atoms with Crippen LogP contribution < -0.4 is 15.0 Å². The summed E-state index contributed by atoms with van der Waals surface area (Å²) in [4.78, 5) is 29.7. The standard InChI is InChI=1S/C22H31N3O3/c26-21(23-18-9-3-1-2-4-10-18)17-8-7-13-24(16-17)22(27)25-14-15-28-20-12-6-5-11-19(20)25/h5-6,11-12,17-18H,1-4,7-10,13-16H2,(H,23,26)/t17-/m0/s1. The van der Waals surface area contributed by atoms with Crippen molar-refractivity contribution < 1.29 is 14.3 Å². The van der Waals surface area contributed by atoms with Gasteiger partial charge in [-0.1, -0.05) is 37.8 Å². The normalized spacial score (nSPS) is 23.4. The smallest absolute Gasteiger partial charge is 0.324 e. The Morgan fingerprint density at radius 2 is 1.75 bits per heavy atom. The molecule has 1 saturated carbocycles. The quantitative estimate of drug-likeness (QED) is 0.792. The Balaban J connectivity index is 1.38. The number of anilines is 1. The van der Waals surface area contributed by atoms with Crippen molar-refractivity contribution >= 4 is 17.6 Å². The molecule has 152 valence electrons. The number of benzene rings is 1. The van der Waals surface area contributed by atoms with Crippen molar-refractivity contribution in [1.82, 2.24) is 10.2 Å². The minimum absolute atomic E-state index is 0.0114. The Kier molecular flexibility index (Phi) is 6.03. The number of urea groups is 1. The maximum Gasteiger partial charge on any atom is 0.324 e. The van der Waals surface area contributed by atoms with Gasteiger partial charge in [0.25, 0.3) is 0 Å². The van der Waals surface area contributed by atoms with Gasteiger partial charge >= 0.3 is 6.03 Å². The molecule has 3 amide bonds. The highest BCUT2D eigenvalue weighted by molar-refractivity contribution is 5.94. The number of hydrogen-bond donors (Lipinski definition) is 1. The van der Waals surface area contributed by atoms with Crippen molar-refractivity contribution in [2.24, 2.45) is 5.92 Å². The second-order valence-corrected chi connectivity index (χ2v) is 8.23. The number of nitrogens with one attached hydrogen (secondary N) is 1. The van der Waals surface area contributed by atoms with Gasteiger partial charge < -0.3 is 15.0 Å². The molecule has 4 rings (SSSR count). The predicted molar refractivity (Wildman–Crippen MR) is 109 cm³/mol. The van der Waals surface area contributed by atoms with Gasteiger partial charge in [0.05, 0.1) is 18.2 Å². The summed E-state index contributed by atoms with van der Waals surface area (Å²) >= 11 is 0. The summed E-state index contributed by atoms with van der Waals surface area (Å²) in [5, 5.41) is 3.27. The van der Waals surface area contributed by atoms with E-state index in [-0.39, 0.29) is 17.9 Å². The Bertz CT molecular complexity index is 700. The number of ether oxygens (including phenoxy) is 1. The third-order valence-corrected chi connectivity index (χ3v) is 6.22. The first-order valence-electron chi connectivity index (χ1n) is 10.8. The molecule has 3 aliphatic rings. The van der Waals surface area contributed by atoms with Gasteiger partial charge in [0.15, 0.2) is 0 Å². The Labute approximate surface area is 167 Å². The number of hydrogen-bond acceptors (Lipinski definition) is 3. The van der Waals surface area contributed by atoms with Crippen molar-refractivity contribution in [2.75, 3.05) is 31.1 Å². The van der Waals surface area contributed by atoms with Crippen molar-refractivity contribution in [1.29, 1.82) is 0 Å². The van der Waals surface area contributed by atoms with Crippen LogP contribution in [0.25, 0.3) is 0 Å². The van der Waals surface area contributed by atoms with Gasteiger partial charge in [-0.15, -0.1) is 0 Å². The topological polar surface area (TPSA) is 61.9 Å². The van der Waals surface area contributed by atoms with Gasteiger partial charge in [0.2, 0.25) is 5.91 Å². The fourth-order valence-corrected chi connectivity index (χ4v) is 4.65. The van der Waals surface area contributed by atoms with Crippen LogP contribution in [0.4, 0.5) is 10.5 Å². The van der Waals surface area contributed by atoms with Crippen LogP contribution in [0.15, 0.2) is 24.3 Å². The maximum atomic E-state index is 13.2. The number of fused-ring (bicyclic) bond motifs is 1. The average molecular weight is 386 g/mol. The van der Waals surface area contributed by atoms with Crippen molar-refractivity contribution in [3.63, 3.8) is 0 Å². The number of likely N-dealkylation sites (tertiary alicyclic amines) is 1. The third kappa shape index (κ3) is 4.26. The van der Waals surface area contributed by atoms with Crippen molar-refractivity contribution in [2.45, 2.75) is 57.4 Å². The Morgan fingerprint density at radius 3 is 2.57 bits per heavy atom. The van der Waals surface area contributed by atoms with E-state index in [2.05, 4.69) is 5.32 Å². The largest absolute Gasteiger partial charge is 0.490 e. The monoisotopic (exact) mass is 385 g/mol. The zero-order valence-corrected chi connectivity index (χ0v) is 16.6. The molecule has 1 N–H and O–H groups in total. The first-order valence-corrected chi connectivity index (χ1v) is 10.8. The summed E-state index contributed by atoms with van der Waals surface area (Å²) < 4.78 is 5.67. The molecule has 0 radical (unpaired) electrons. The highest BCUT2D eigenvalue weighted by Crippen LogP contribution is 2.32. The summed E-state index contributed by atoms with van der Waals surface area (Å²) in [5.41, 5.74) is 0.823. The van der Waals surface area contributed by atoms with E-state index >= 15 is 0 Å². The molecule has 2 heterocycles. The molecule has 6 nitrogen and oxygen atoms in total. The number of nitrogens with zero attached hydrogens (tertiary/aromatic N) is 2. The lowest BCUT2D eigenvalue weighted by Crippen LogP contribution is -2.52. The second kappa shape index (κ2) is 8.84. The molecule has 0 aromatic heterocycles. The van der Waals surface area contributed by atoms with Crippen LogP contribution in [0.3, 0.4) is 0 Å². The molecule has 1 saturated heterocycles. The summed E-state index contributed by atoms with van der Waals surface area (Å²) in [6.45, 7) is 2.27. The van der Waals surface area contributed by atoms with Crippen LogP contribution in [-0.2, 0) is 4.79 Å². The Morgan fingerprint density at radius 1 is 0.964 bits per heavy atom. The minimum Gasteiger partial charge on any atom is -0.490 e. The number of carbonyl (C=O) groups is 2. The molecule has 28 heavy (non-hydrogen) atoms. The van der Waals surface area contributed by atoms with Gasteiger partial charge in [-0.2, -0.15) is 0 Å². The second-order valence-electron chi connectivity index (χ2n) is 8.23. The molecule has 2 fully saturated rings. The van der Waals surface area contributed by atoms with E-state index < -0.39 is 0 Å². The van der Waals surface area contributed by atoms with Crippen LogP contribution in [-0.4, -0.2) is 49.1 Å². The lowest BCUT2D eigenvalue weighted by atomic mass is 9.96. The first kappa shape index (κ1) is 19.1. The molecule has 6 heteroatoms. The van der Waals surface area contributed by atoms with Crippen LogP contribution in [0.1, 0.15) is 51.4 Å². The van der Waals surface area contributed by atoms with E-state index in [4.69, 9.17) is 4.74 Å². The lowest BCUT2D eigenvalue weighted by Gasteiger charge is -2.38. The fourth-order valence-electron chi connectivity index (χ4n) is 4.65. The van der Waals surface area contributed by atoms with E-state index in [1.165, 1.54) is 25.7 Å². The van der Waals surface area contributed by atoms with Gasteiger partial charge in [-0.3, -0.25) is 9.69 Å². The first-order chi connectivity index (χ1) is 13.7. The van der Waals surface area contributed by atoms with E-state index in [0.717, 1.165) is 37.1 Å². The zero-order valence-electron chi connectivity index (χ0n) is 16.6. The minimum atomic E-state index is -0.0998. The van der Waals surface area contributed by atoms with Crippen molar-refractivity contribution in [3.05, 3.63) is 24.3 Å². The van der Waals surface area contributed by atoms with Crippen molar-refractivity contribution in [3.8, 4) is 5.75 Å². The van der Waals surface area contributed by atoms with E-state index in [1.807, 2.05) is 29.2 Å². The van der Waals surface area contributed by atoms with Crippen LogP contribution >= 0.6 is 0 Å². The molecule has 0 spiro atoms. The molecule has 0 bridgehead atoms. The van der Waals surface area contributed by atoms with Gasteiger partial charge in [-0.25, -0.2) is 4.79 Å². The number of rotatable bonds is 2. The highest BCUT2D eigenvalue weighted by atomic mass is 16.5. The lowest BCUT2D eigenvalue weighted by molar-refractivity contribution is -0.127. The van der Waals surface area contributed by atoms with Crippen LogP contribution in [0.5, 0.6) is 5.75 Å². The molecule has 1 aromatic carbocycles. The van der Waals surface area contributed by atoms with E-state index in [1.54, 1.807) is 4.90 Å². The fraction of sp³-hybridized carbons (Fsp3) is 0.636. The summed E-state index contributed by atoms with van der Waals surface area (Å²) in [7, 11) is 0. The highest BCUT2D eigenvalue weighted by Gasteiger charge is 2.33. The maximum absolute atomic E-state index is 13.2. The number of para-hydroxylation sites is 2. The van der Waals surface area contributed by atoms with Gasteiger partial charge in [-0.05, 0) is 37.8 Å². The molecule has 0 unspecified atom stereocenters. The zero-order chi connectivity index (χ0) is 19.3. The molecule has 1 aromatic rings. The Hall–Kier alpha value is -2.24. The SMILES string of the molecule is O=C(NC1CCCCCC1)[C@H]1CCCN(C(=O)N2CCOc3ccccc32)C1. The number of carbonyl (C=O) groups excluding carboxylic acids is 2. The number of piperidine rings is 1. The van der Waals surface area contributed by atoms with E-state index in [0.29, 0.717) is 32.3 Å². The summed E-state index contributed by atoms with van der Waals surface area (Å²) in [6.07, 6.45) is 8.88. The molecule has 1 aliphatic carbocycles. The third-order valence-electron chi connectivity index (χ3n) is 6.22. The molecule has 2 aliphatic heterocycles. The molecule has 1 atom stereocenters.